The van der Waals surface area contributed by atoms with E-state index in [-0.39, 0.29) is 10.9 Å². The minimum atomic E-state index is -3.70. The van der Waals surface area contributed by atoms with Crippen molar-refractivity contribution in [1.82, 2.24) is 10.1 Å². The molecule has 6 nitrogen and oxygen atoms in total. The number of hydrogen-bond donors (Lipinski definition) is 1. The number of benzene rings is 1. The molecule has 0 aliphatic heterocycles. The minimum Gasteiger partial charge on any atom is -0.314 e. The molecule has 0 spiro atoms. The van der Waals surface area contributed by atoms with Gasteiger partial charge in [0.25, 0.3) is 10.0 Å². The molecule has 17 heavy (non-hydrogen) atoms. The second-order valence-electron chi connectivity index (χ2n) is 3.21. The van der Waals surface area contributed by atoms with Crippen LogP contribution in [-0.4, -0.2) is 18.6 Å². The Hall–Kier alpha value is -1.41. The van der Waals surface area contributed by atoms with Gasteiger partial charge >= 0.3 is 6.01 Å². The highest BCUT2D eigenvalue weighted by atomic mass is 79.9. The topological polar surface area (TPSA) is 85.1 Å². The van der Waals surface area contributed by atoms with E-state index in [1.807, 2.05) is 0 Å². The molecule has 1 heterocycles. The average Bonchev–Trinajstić information content (AvgIpc) is 2.63. The number of nitrogens with one attached hydrogen (secondary N) is 1. The molecule has 2 rings (SSSR count). The molecular formula is C9H8BrN3O3S. The Bertz CT molecular complexity index is 638. The summed E-state index contributed by atoms with van der Waals surface area (Å²) in [4.78, 5) is 3.88. The zero-order chi connectivity index (χ0) is 12.5. The summed E-state index contributed by atoms with van der Waals surface area (Å²) >= 11 is 3.20. The third kappa shape index (κ3) is 2.83. The first-order valence-corrected chi connectivity index (χ1v) is 6.84. The molecule has 2 aromatic rings. The molecule has 0 bridgehead atoms. The van der Waals surface area contributed by atoms with Gasteiger partial charge in [0.1, 0.15) is 0 Å². The van der Waals surface area contributed by atoms with Gasteiger partial charge in [0.05, 0.1) is 4.90 Å². The number of nitrogens with zero attached hydrogens (tertiary/aromatic N) is 2. The first-order chi connectivity index (χ1) is 7.97. The number of aryl methyl sites for hydroxylation is 1. The summed E-state index contributed by atoms with van der Waals surface area (Å²) < 4.78 is 31.4. The fourth-order valence-electron chi connectivity index (χ4n) is 1.15. The largest absolute Gasteiger partial charge is 0.335 e. The van der Waals surface area contributed by atoms with Gasteiger partial charge in [0.2, 0.25) is 0 Å². The lowest BCUT2D eigenvalue weighted by molar-refractivity contribution is 0.429. The van der Waals surface area contributed by atoms with Crippen LogP contribution in [0.5, 0.6) is 0 Å². The lowest BCUT2D eigenvalue weighted by atomic mass is 10.4. The zero-order valence-electron chi connectivity index (χ0n) is 8.71. The second kappa shape index (κ2) is 4.46. The van der Waals surface area contributed by atoms with Crippen molar-refractivity contribution in [3.63, 3.8) is 0 Å². The van der Waals surface area contributed by atoms with E-state index in [1.165, 1.54) is 12.1 Å². The number of sulfonamides is 1. The molecule has 0 amide bonds. The Morgan fingerprint density at radius 3 is 2.76 bits per heavy atom. The van der Waals surface area contributed by atoms with Crippen molar-refractivity contribution in [3.05, 3.63) is 34.6 Å². The molecule has 0 saturated carbocycles. The van der Waals surface area contributed by atoms with Crippen molar-refractivity contribution >= 4 is 32.0 Å². The van der Waals surface area contributed by atoms with Crippen LogP contribution in [0.2, 0.25) is 0 Å². The average molecular weight is 318 g/mol. The number of rotatable bonds is 3. The van der Waals surface area contributed by atoms with Gasteiger partial charge in [-0.15, -0.1) is 0 Å². The molecule has 0 radical (unpaired) electrons. The predicted molar refractivity (Wildman–Crippen MR) is 64.0 cm³/mol. The molecule has 1 aromatic carbocycles. The van der Waals surface area contributed by atoms with Crippen molar-refractivity contribution in [2.24, 2.45) is 0 Å². The number of hydrogen-bond acceptors (Lipinski definition) is 5. The fourth-order valence-corrected chi connectivity index (χ4v) is 2.67. The number of aromatic nitrogens is 2. The first-order valence-electron chi connectivity index (χ1n) is 4.56. The highest BCUT2D eigenvalue weighted by Crippen LogP contribution is 2.18. The fraction of sp³-hybridized carbons (Fsp3) is 0.111. The van der Waals surface area contributed by atoms with Crippen LogP contribution in [0.25, 0.3) is 0 Å². The van der Waals surface area contributed by atoms with Crippen LogP contribution < -0.4 is 4.72 Å². The summed E-state index contributed by atoms with van der Waals surface area (Å²) in [6, 6.07) is 6.15. The van der Waals surface area contributed by atoms with E-state index in [9.17, 15) is 8.42 Å². The lowest BCUT2D eigenvalue weighted by Crippen LogP contribution is -2.13. The molecule has 1 aromatic heterocycles. The molecule has 0 saturated heterocycles. The Kier molecular flexibility index (Phi) is 3.16. The van der Waals surface area contributed by atoms with Crippen LogP contribution in [0.4, 0.5) is 6.01 Å². The highest BCUT2D eigenvalue weighted by molar-refractivity contribution is 9.10. The molecule has 90 valence electrons. The predicted octanol–water partition coefficient (Wildman–Crippen LogP) is 1.94. The van der Waals surface area contributed by atoms with E-state index < -0.39 is 10.0 Å². The summed E-state index contributed by atoms with van der Waals surface area (Å²) in [6.45, 7) is 1.60. The van der Waals surface area contributed by atoms with Gasteiger partial charge in [0.15, 0.2) is 5.82 Å². The lowest BCUT2D eigenvalue weighted by Gasteiger charge is -2.03. The molecule has 8 heteroatoms. The number of anilines is 1. The van der Waals surface area contributed by atoms with Crippen LogP contribution in [0.3, 0.4) is 0 Å². The molecule has 0 fully saturated rings. The smallest absolute Gasteiger partial charge is 0.314 e. The third-order valence-corrected chi connectivity index (χ3v) is 3.67. The normalized spacial score (nSPS) is 11.4. The van der Waals surface area contributed by atoms with Crippen LogP contribution >= 0.6 is 15.9 Å². The van der Waals surface area contributed by atoms with Crippen molar-refractivity contribution in [3.8, 4) is 0 Å². The van der Waals surface area contributed by atoms with Gasteiger partial charge in [0, 0.05) is 4.47 Å². The van der Waals surface area contributed by atoms with Gasteiger partial charge in [-0.25, -0.2) is 13.1 Å². The molecule has 1 N–H and O–H groups in total. The van der Waals surface area contributed by atoms with Gasteiger partial charge in [-0.3, -0.25) is 0 Å². The second-order valence-corrected chi connectivity index (χ2v) is 5.81. The monoisotopic (exact) mass is 317 g/mol. The van der Waals surface area contributed by atoms with Gasteiger partial charge in [-0.2, -0.15) is 4.98 Å². The third-order valence-electron chi connectivity index (χ3n) is 1.86. The standard InChI is InChI=1S/C9H8BrN3O3S/c1-6-11-9(16-12-6)13-17(14,15)8-4-2-3-7(10)5-8/h2-5H,1H3,(H,11,12,13). The van der Waals surface area contributed by atoms with Crippen LogP contribution in [0, 0.1) is 6.92 Å². The molecule has 0 aliphatic carbocycles. The summed E-state index contributed by atoms with van der Waals surface area (Å²) in [7, 11) is -3.70. The van der Waals surface area contributed by atoms with E-state index in [0.29, 0.717) is 10.3 Å². The SMILES string of the molecule is Cc1noc(NS(=O)(=O)c2cccc(Br)c2)n1. The maximum atomic E-state index is 11.9. The maximum Gasteiger partial charge on any atom is 0.335 e. The van der Waals surface area contributed by atoms with Crippen molar-refractivity contribution in [1.29, 1.82) is 0 Å². The Morgan fingerprint density at radius 2 is 2.18 bits per heavy atom. The molecule has 0 unspecified atom stereocenters. The summed E-state index contributed by atoms with van der Waals surface area (Å²) in [5.41, 5.74) is 0. The van der Waals surface area contributed by atoms with E-state index in [2.05, 4.69) is 35.3 Å². The molecular weight excluding hydrogens is 310 g/mol. The quantitative estimate of drug-likeness (QED) is 0.935. The Balaban J connectivity index is 2.31. The van der Waals surface area contributed by atoms with Crippen molar-refractivity contribution < 1.29 is 12.9 Å². The summed E-state index contributed by atoms with van der Waals surface area (Å²) in [5, 5.41) is 3.49. The van der Waals surface area contributed by atoms with Crippen LogP contribution in [-0.2, 0) is 10.0 Å². The van der Waals surface area contributed by atoms with E-state index >= 15 is 0 Å². The van der Waals surface area contributed by atoms with Crippen molar-refractivity contribution in [2.45, 2.75) is 11.8 Å². The Labute approximate surface area is 106 Å². The molecule has 0 aliphatic rings. The van der Waals surface area contributed by atoms with Crippen LogP contribution in [0.1, 0.15) is 5.82 Å². The number of halogens is 1. The zero-order valence-corrected chi connectivity index (χ0v) is 11.1. The summed E-state index contributed by atoms with van der Waals surface area (Å²) in [5.74, 6) is 0.358. The summed E-state index contributed by atoms with van der Waals surface area (Å²) in [6.07, 6.45) is 0. The maximum absolute atomic E-state index is 11.9. The molecule has 0 atom stereocenters. The Morgan fingerprint density at radius 1 is 1.41 bits per heavy atom. The van der Waals surface area contributed by atoms with Crippen molar-refractivity contribution in [2.75, 3.05) is 4.72 Å². The van der Waals surface area contributed by atoms with E-state index in [4.69, 9.17) is 0 Å². The van der Waals surface area contributed by atoms with Gasteiger partial charge in [-0.05, 0) is 25.1 Å². The minimum absolute atomic E-state index is 0.114. The highest BCUT2D eigenvalue weighted by Gasteiger charge is 2.17. The van der Waals surface area contributed by atoms with Gasteiger partial charge in [-0.1, -0.05) is 27.2 Å². The van der Waals surface area contributed by atoms with Crippen LogP contribution in [0.15, 0.2) is 38.2 Å². The van der Waals surface area contributed by atoms with E-state index in [1.54, 1.807) is 19.1 Å². The first kappa shape index (κ1) is 12.1. The van der Waals surface area contributed by atoms with E-state index in [0.717, 1.165) is 0 Å². The van der Waals surface area contributed by atoms with Gasteiger partial charge < -0.3 is 4.52 Å².